The van der Waals surface area contributed by atoms with Crippen molar-refractivity contribution in [1.82, 2.24) is 0 Å². The minimum atomic E-state index is 0. The quantitative estimate of drug-likeness (QED) is 0.459. The Bertz CT molecular complexity index is 8.00. The summed E-state index contributed by atoms with van der Waals surface area (Å²) in [5.41, 5.74) is 0. The van der Waals surface area contributed by atoms with Crippen molar-refractivity contribution in [2.75, 3.05) is 0 Å². The zero-order valence-corrected chi connectivity index (χ0v) is 5.53. The Balaban J connectivity index is 0. The van der Waals surface area contributed by atoms with Gasteiger partial charge in [0.15, 0.2) is 0 Å². The van der Waals surface area contributed by atoms with Crippen LogP contribution in [0.2, 0.25) is 0 Å². The summed E-state index contributed by atoms with van der Waals surface area (Å²) < 4.78 is 0. The molecule has 0 heterocycles. The third-order valence-electron chi connectivity index (χ3n) is 0. The summed E-state index contributed by atoms with van der Waals surface area (Å²) in [5.74, 6) is 0. The van der Waals surface area contributed by atoms with E-state index in [0.29, 0.717) is 0 Å². The monoisotopic (exact) mass is 175 g/mol. The van der Waals surface area contributed by atoms with Gasteiger partial charge in [-0.05, 0) is 0 Å². The van der Waals surface area contributed by atoms with Gasteiger partial charge in [-0.3, -0.25) is 0 Å². The topological polar surface area (TPSA) is 28.5 Å². The molecule has 0 aliphatic carbocycles. The van der Waals surface area contributed by atoms with Crippen molar-refractivity contribution in [2.24, 2.45) is 0 Å². The molecule has 2 radical (unpaired) electrons. The molecule has 18 valence electrons. The van der Waals surface area contributed by atoms with E-state index in [1.807, 2.05) is 0 Å². The molecular weight excluding hydrogens is 175 g/mol. The van der Waals surface area contributed by atoms with Crippen LogP contribution >= 0.6 is 0 Å². The van der Waals surface area contributed by atoms with Gasteiger partial charge in [0.1, 0.15) is 0 Å². The van der Waals surface area contributed by atoms with Crippen LogP contribution in [-0.2, 0) is 61.3 Å². The molecule has 0 atom stereocenters. The average Bonchev–Trinajstić information content (AvgIpc) is 0. The molecule has 0 saturated heterocycles. The molecule has 0 aromatic rings. The van der Waals surface area contributed by atoms with E-state index in [2.05, 4.69) is 0 Å². The smallest absolute Gasteiger partial charge is 2.00 e. The molecular formula is CoCrOTi+7. The summed E-state index contributed by atoms with van der Waals surface area (Å²) >= 11 is 0. The maximum absolute atomic E-state index is 0. The third-order valence-corrected chi connectivity index (χ3v) is 0. The van der Waals surface area contributed by atoms with Crippen LogP contribution in [0.1, 0.15) is 0 Å². The van der Waals surface area contributed by atoms with E-state index < -0.39 is 0 Å². The standard InChI is InChI=1S/Co.Cr.O.Ti/q+2;+3;-2;+4. The Morgan fingerprint density at radius 2 is 1.00 bits per heavy atom. The van der Waals surface area contributed by atoms with Crippen LogP contribution in [-0.4, -0.2) is 0 Å². The molecule has 1 nitrogen and oxygen atoms in total. The summed E-state index contributed by atoms with van der Waals surface area (Å²) in [6.07, 6.45) is 0. The second-order valence-corrected chi connectivity index (χ2v) is 0. The molecule has 0 bridgehead atoms. The Labute approximate surface area is 61.0 Å². The fourth-order valence-corrected chi connectivity index (χ4v) is 0. The fourth-order valence-electron chi connectivity index (χ4n) is 0. The van der Waals surface area contributed by atoms with Crippen LogP contribution in [0.25, 0.3) is 0 Å². The molecule has 0 unspecified atom stereocenters. The molecule has 0 aliphatic heterocycles. The second kappa shape index (κ2) is 22.1. The van der Waals surface area contributed by atoms with Crippen LogP contribution in [0, 0.1) is 0 Å². The van der Waals surface area contributed by atoms with Gasteiger partial charge >= 0.3 is 55.9 Å². The number of rotatable bonds is 0. The number of hydrogen-bond donors (Lipinski definition) is 0. The maximum Gasteiger partial charge on any atom is 4.00 e. The first-order chi connectivity index (χ1) is 0. The normalized spacial score (nSPS) is 0. The van der Waals surface area contributed by atoms with Gasteiger partial charge in [0.25, 0.3) is 0 Å². The molecule has 0 aliphatic rings. The molecule has 0 aromatic carbocycles. The molecule has 0 amide bonds. The Morgan fingerprint density at radius 3 is 1.00 bits per heavy atom. The third kappa shape index (κ3) is 9.31. The first-order valence-electron chi connectivity index (χ1n) is 0. The van der Waals surface area contributed by atoms with Crippen molar-refractivity contribution < 1.29 is 61.3 Å². The molecule has 0 spiro atoms. The van der Waals surface area contributed by atoms with Gasteiger partial charge in [-0.15, -0.1) is 0 Å². The van der Waals surface area contributed by atoms with Crippen molar-refractivity contribution >= 4 is 0 Å². The first-order valence-corrected chi connectivity index (χ1v) is 0. The van der Waals surface area contributed by atoms with Crippen LogP contribution in [0.5, 0.6) is 0 Å². The Kier molecular flexibility index (Phi) is 239. The average molecular weight is 175 g/mol. The van der Waals surface area contributed by atoms with Gasteiger partial charge < -0.3 is 5.48 Å². The van der Waals surface area contributed by atoms with Gasteiger partial charge in [-0.1, -0.05) is 0 Å². The molecule has 0 fully saturated rings. The van der Waals surface area contributed by atoms with Crippen molar-refractivity contribution in [2.45, 2.75) is 0 Å². The summed E-state index contributed by atoms with van der Waals surface area (Å²) in [4.78, 5) is 0. The van der Waals surface area contributed by atoms with E-state index in [0.717, 1.165) is 0 Å². The van der Waals surface area contributed by atoms with Crippen molar-refractivity contribution in [3.63, 3.8) is 0 Å². The van der Waals surface area contributed by atoms with E-state index in [1.54, 1.807) is 0 Å². The fraction of sp³-hybridized carbons (Fsp3) is 0. The van der Waals surface area contributed by atoms with Gasteiger partial charge in [0.05, 0.1) is 0 Å². The minimum absolute atomic E-state index is 0. The largest absolute Gasteiger partial charge is 4.00 e. The van der Waals surface area contributed by atoms with Crippen LogP contribution in [0.3, 0.4) is 0 Å². The molecule has 0 N–H and O–H groups in total. The van der Waals surface area contributed by atoms with Gasteiger partial charge in [-0.25, -0.2) is 0 Å². The summed E-state index contributed by atoms with van der Waals surface area (Å²) in [5, 5.41) is 0. The van der Waals surface area contributed by atoms with Gasteiger partial charge in [-0.2, -0.15) is 0 Å². The predicted octanol–water partition coefficient (Wildman–Crippen LogP) is -0.126. The van der Waals surface area contributed by atoms with E-state index in [1.165, 1.54) is 0 Å². The molecule has 0 saturated carbocycles. The van der Waals surface area contributed by atoms with Crippen LogP contribution in [0.4, 0.5) is 0 Å². The predicted molar refractivity (Wildman–Crippen MR) is 0.686 cm³/mol. The molecule has 4 heavy (non-hydrogen) atoms. The summed E-state index contributed by atoms with van der Waals surface area (Å²) in [6.45, 7) is 0. The molecule has 0 rings (SSSR count). The molecule has 4 heteroatoms. The SMILES string of the molecule is [Co+2].[Cr+3].[O-2].[Ti+4]. The Hall–Kier alpha value is 1.71. The zero-order chi connectivity index (χ0) is 0. The van der Waals surface area contributed by atoms with Crippen molar-refractivity contribution in [1.29, 1.82) is 0 Å². The molecule has 0 aromatic heterocycles. The van der Waals surface area contributed by atoms with E-state index in [9.17, 15) is 0 Å². The van der Waals surface area contributed by atoms with E-state index in [4.69, 9.17) is 0 Å². The van der Waals surface area contributed by atoms with Crippen molar-refractivity contribution in [3.8, 4) is 0 Å². The minimum Gasteiger partial charge on any atom is -2.00 e. The second-order valence-electron chi connectivity index (χ2n) is 0. The van der Waals surface area contributed by atoms with Crippen molar-refractivity contribution in [3.05, 3.63) is 0 Å². The van der Waals surface area contributed by atoms with E-state index >= 15 is 0 Å². The maximum atomic E-state index is 0. The zero-order valence-electron chi connectivity index (χ0n) is 1.65. The number of hydrogen-bond acceptors (Lipinski definition) is 0. The Morgan fingerprint density at radius 1 is 1.00 bits per heavy atom. The van der Waals surface area contributed by atoms with E-state index in [-0.39, 0.29) is 61.3 Å². The van der Waals surface area contributed by atoms with Crippen LogP contribution < -0.4 is 0 Å². The van der Waals surface area contributed by atoms with Gasteiger partial charge in [0, 0.05) is 0 Å². The first kappa shape index (κ1) is 43.2. The summed E-state index contributed by atoms with van der Waals surface area (Å²) in [6, 6.07) is 0. The summed E-state index contributed by atoms with van der Waals surface area (Å²) in [7, 11) is 0. The van der Waals surface area contributed by atoms with Crippen LogP contribution in [0.15, 0.2) is 0 Å². The van der Waals surface area contributed by atoms with Gasteiger partial charge in [0.2, 0.25) is 0 Å².